The average Bonchev–Trinajstić information content (AvgIpc) is 2.74. The second-order valence-electron chi connectivity index (χ2n) is 6.48. The van der Waals surface area contributed by atoms with Gasteiger partial charge in [0.25, 0.3) is 23.1 Å². The normalized spacial score (nSPS) is 14.9. The first-order valence-corrected chi connectivity index (χ1v) is 10.00. The molecule has 0 saturated carbocycles. The minimum Gasteiger partial charge on any atom is -0.495 e. The maximum atomic E-state index is 13.4. The summed E-state index contributed by atoms with van der Waals surface area (Å²) in [5.74, 6) is -2.61. The molecule has 1 fully saturated rings. The molecule has 2 aromatic carbocycles. The van der Waals surface area contributed by atoms with Crippen molar-refractivity contribution in [3.8, 4) is 5.75 Å². The second kappa shape index (κ2) is 9.18. The van der Waals surface area contributed by atoms with Crippen molar-refractivity contribution in [2.45, 2.75) is 0 Å². The van der Waals surface area contributed by atoms with Crippen molar-refractivity contribution < 1.29 is 31.9 Å². The van der Waals surface area contributed by atoms with E-state index in [2.05, 4.69) is 4.72 Å². The number of carbonyl (C=O) groups is 2. The van der Waals surface area contributed by atoms with Crippen molar-refractivity contribution in [3.05, 3.63) is 59.2 Å². The van der Waals surface area contributed by atoms with Gasteiger partial charge in [-0.1, -0.05) is 0 Å². The van der Waals surface area contributed by atoms with E-state index < -0.39 is 28.8 Å². The molecule has 0 spiro atoms. The zero-order chi connectivity index (χ0) is 21.8. The van der Waals surface area contributed by atoms with E-state index in [-0.39, 0.29) is 49.1 Å². The van der Waals surface area contributed by atoms with Gasteiger partial charge in [-0.2, -0.15) is 0 Å². The Hall–Kier alpha value is -3.05. The molecule has 0 aliphatic carbocycles. The zero-order valence-electron chi connectivity index (χ0n) is 15.9. The number of anilines is 1. The lowest BCUT2D eigenvalue weighted by molar-refractivity contribution is 0.0535. The minimum atomic E-state index is -2.28. The molecule has 11 heteroatoms. The summed E-state index contributed by atoms with van der Waals surface area (Å²) in [6.45, 7) is 1.00. The Morgan fingerprint density at radius 2 is 1.50 bits per heavy atom. The number of methoxy groups -OCH3 is 1. The molecule has 1 saturated heterocycles. The predicted molar refractivity (Wildman–Crippen MR) is 106 cm³/mol. The summed E-state index contributed by atoms with van der Waals surface area (Å²) in [5.41, 5.74) is 0.626. The summed E-state index contributed by atoms with van der Waals surface area (Å²) in [6, 6.07) is 7.40. The summed E-state index contributed by atoms with van der Waals surface area (Å²) in [5, 5.41) is 0. The van der Waals surface area contributed by atoms with E-state index >= 15 is 0 Å². The molecule has 1 aliphatic heterocycles. The van der Waals surface area contributed by atoms with E-state index in [9.17, 15) is 22.6 Å². The fourth-order valence-corrected chi connectivity index (χ4v) is 3.47. The van der Waals surface area contributed by atoms with Gasteiger partial charge in [0.1, 0.15) is 5.75 Å². The number of piperazine rings is 1. The van der Waals surface area contributed by atoms with Gasteiger partial charge in [0.15, 0.2) is 11.6 Å². The number of rotatable bonds is 5. The second-order valence-corrected chi connectivity index (χ2v) is 7.18. The highest BCUT2D eigenvalue weighted by Gasteiger charge is 2.26. The molecule has 1 aliphatic rings. The number of amides is 2. The Labute approximate surface area is 173 Å². The molecule has 0 bridgehead atoms. The number of nitrogens with one attached hydrogen (secondary N) is 1. The molecule has 1 atom stereocenters. The van der Waals surface area contributed by atoms with Crippen LogP contribution in [-0.4, -0.2) is 63.7 Å². The van der Waals surface area contributed by atoms with E-state index in [1.807, 2.05) is 0 Å². The van der Waals surface area contributed by atoms with Crippen LogP contribution >= 0.6 is 0 Å². The fourth-order valence-electron chi connectivity index (χ4n) is 3.11. The molecule has 0 radical (unpaired) electrons. The van der Waals surface area contributed by atoms with E-state index in [1.165, 1.54) is 36.3 Å². The maximum absolute atomic E-state index is 13.4. The molecular formula is C19H19F2N3O5S. The molecule has 1 unspecified atom stereocenters. The smallest absolute Gasteiger partial charge is 0.259 e. The molecule has 2 amide bonds. The zero-order valence-corrected chi connectivity index (χ0v) is 16.7. The van der Waals surface area contributed by atoms with Crippen molar-refractivity contribution in [3.63, 3.8) is 0 Å². The highest BCUT2D eigenvalue weighted by molar-refractivity contribution is 7.80. The van der Waals surface area contributed by atoms with Crippen LogP contribution in [0.5, 0.6) is 5.75 Å². The molecule has 2 aromatic rings. The third kappa shape index (κ3) is 4.74. The molecule has 160 valence electrons. The minimum absolute atomic E-state index is 0.0442. The molecular weight excluding hydrogens is 420 g/mol. The third-order valence-corrected chi connectivity index (χ3v) is 5.06. The Morgan fingerprint density at radius 3 is 2.00 bits per heavy atom. The van der Waals surface area contributed by atoms with Gasteiger partial charge in [-0.05, 0) is 36.4 Å². The molecule has 3 rings (SSSR count). The number of carbonyl (C=O) groups excluding carboxylic acids is 2. The summed E-state index contributed by atoms with van der Waals surface area (Å²) in [6.07, 6.45) is 0. The topological polar surface area (TPSA) is 99.2 Å². The van der Waals surface area contributed by atoms with Crippen LogP contribution in [0, 0.1) is 11.6 Å². The van der Waals surface area contributed by atoms with Crippen LogP contribution in [0.2, 0.25) is 0 Å². The highest BCUT2D eigenvalue weighted by atomic mass is 32.2. The van der Waals surface area contributed by atoms with Crippen molar-refractivity contribution in [1.82, 2.24) is 9.80 Å². The first kappa shape index (κ1) is 21.7. The van der Waals surface area contributed by atoms with Crippen LogP contribution in [0.3, 0.4) is 0 Å². The number of hydrogen-bond donors (Lipinski definition) is 2. The van der Waals surface area contributed by atoms with Crippen molar-refractivity contribution in [1.29, 1.82) is 0 Å². The van der Waals surface area contributed by atoms with Gasteiger partial charge in [0.05, 0.1) is 12.8 Å². The Bertz CT molecular complexity index is 996. The molecule has 2 N–H and O–H groups in total. The Balaban J connectivity index is 1.65. The summed E-state index contributed by atoms with van der Waals surface area (Å²) >= 11 is -2.28. The maximum Gasteiger partial charge on any atom is 0.259 e. The first-order chi connectivity index (χ1) is 14.3. The Morgan fingerprint density at radius 1 is 0.967 bits per heavy atom. The summed E-state index contributed by atoms with van der Waals surface area (Å²) in [7, 11) is 1.37. The SMILES string of the molecule is COc1cc(C(=O)N2CCN(C(=O)c3ccc(F)c(F)c3)CC2)ccc1NS(=O)O. The summed E-state index contributed by atoms with van der Waals surface area (Å²) in [4.78, 5) is 28.3. The Kier molecular flexibility index (Phi) is 6.63. The third-order valence-electron chi connectivity index (χ3n) is 4.67. The number of hydrogen-bond acceptors (Lipinski definition) is 4. The number of nitrogens with zero attached hydrogens (tertiary/aromatic N) is 2. The number of benzene rings is 2. The van der Waals surface area contributed by atoms with Gasteiger partial charge in [-0.3, -0.25) is 18.9 Å². The molecule has 30 heavy (non-hydrogen) atoms. The molecule has 0 aromatic heterocycles. The van der Waals surface area contributed by atoms with Gasteiger partial charge < -0.3 is 14.5 Å². The van der Waals surface area contributed by atoms with Gasteiger partial charge in [-0.25, -0.2) is 13.0 Å². The standard InChI is InChI=1S/C19H19F2N3O5S/c1-29-17-11-13(3-5-16(17)22-30(27)28)19(26)24-8-6-23(7-9-24)18(25)12-2-4-14(20)15(21)10-12/h2-5,10-11,22H,6-9H2,1H3,(H,27,28). The van der Waals surface area contributed by atoms with Crippen LogP contribution in [0.25, 0.3) is 0 Å². The first-order valence-electron chi connectivity index (χ1n) is 8.89. The fraction of sp³-hybridized carbons (Fsp3) is 0.263. The predicted octanol–water partition coefficient (Wildman–Crippen LogP) is 2.12. The number of halogens is 2. The number of ether oxygens (including phenoxy) is 1. The monoisotopic (exact) mass is 439 g/mol. The van der Waals surface area contributed by atoms with E-state index in [0.717, 1.165) is 12.1 Å². The van der Waals surface area contributed by atoms with Crippen LogP contribution < -0.4 is 9.46 Å². The van der Waals surface area contributed by atoms with E-state index in [1.54, 1.807) is 4.90 Å². The van der Waals surface area contributed by atoms with Crippen LogP contribution in [0.1, 0.15) is 20.7 Å². The van der Waals surface area contributed by atoms with Gasteiger partial charge >= 0.3 is 0 Å². The molecule has 8 nitrogen and oxygen atoms in total. The molecule has 1 heterocycles. The quantitative estimate of drug-likeness (QED) is 0.696. The highest BCUT2D eigenvalue weighted by Crippen LogP contribution is 2.26. The van der Waals surface area contributed by atoms with Gasteiger partial charge in [-0.15, -0.1) is 0 Å². The van der Waals surface area contributed by atoms with Crippen molar-refractivity contribution >= 4 is 28.8 Å². The van der Waals surface area contributed by atoms with Gasteiger partial charge in [0.2, 0.25) is 0 Å². The van der Waals surface area contributed by atoms with E-state index in [0.29, 0.717) is 5.56 Å². The van der Waals surface area contributed by atoms with Crippen LogP contribution in [0.15, 0.2) is 36.4 Å². The lowest BCUT2D eigenvalue weighted by atomic mass is 10.1. The van der Waals surface area contributed by atoms with Crippen molar-refractivity contribution in [2.24, 2.45) is 0 Å². The van der Waals surface area contributed by atoms with Crippen molar-refractivity contribution in [2.75, 3.05) is 38.0 Å². The van der Waals surface area contributed by atoms with Gasteiger partial charge in [0, 0.05) is 37.3 Å². The lowest BCUT2D eigenvalue weighted by Crippen LogP contribution is -2.50. The van der Waals surface area contributed by atoms with Crippen LogP contribution in [0.4, 0.5) is 14.5 Å². The largest absolute Gasteiger partial charge is 0.495 e. The average molecular weight is 439 g/mol. The summed E-state index contributed by atoms with van der Waals surface area (Å²) < 4.78 is 53.8. The lowest BCUT2D eigenvalue weighted by Gasteiger charge is -2.35. The van der Waals surface area contributed by atoms with E-state index in [4.69, 9.17) is 9.29 Å². The van der Waals surface area contributed by atoms with Crippen LogP contribution in [-0.2, 0) is 11.3 Å².